The average Bonchev–Trinajstić information content (AvgIpc) is 3.04. The molecule has 2 N–H and O–H groups in total. The molecule has 0 spiro atoms. The van der Waals surface area contributed by atoms with Gasteiger partial charge in [-0.05, 0) is 30.7 Å². The molecule has 1 saturated heterocycles. The summed E-state index contributed by atoms with van der Waals surface area (Å²) in [6.07, 6.45) is 1.62. The highest BCUT2D eigenvalue weighted by atomic mass is 35.5. The second kappa shape index (κ2) is 7.42. The van der Waals surface area contributed by atoms with Crippen molar-refractivity contribution in [1.29, 1.82) is 0 Å². The van der Waals surface area contributed by atoms with Crippen LogP contribution in [0.5, 0.6) is 0 Å². The van der Waals surface area contributed by atoms with Gasteiger partial charge in [0.2, 0.25) is 5.91 Å². The van der Waals surface area contributed by atoms with Crippen LogP contribution in [0.25, 0.3) is 10.2 Å². The molecule has 1 aliphatic heterocycles. The van der Waals surface area contributed by atoms with E-state index in [2.05, 4.69) is 32.8 Å². The molecule has 4 rings (SSSR count). The number of benzene rings is 1. The first-order chi connectivity index (χ1) is 13.0. The van der Waals surface area contributed by atoms with Crippen molar-refractivity contribution < 1.29 is 4.79 Å². The number of carbonyl (C=O) groups excluding carboxylic acids is 1. The summed E-state index contributed by atoms with van der Waals surface area (Å²) in [5.41, 5.74) is 6.59. The second-order valence-corrected chi connectivity index (χ2v) is 8.32. The number of anilines is 1. The van der Waals surface area contributed by atoms with Gasteiger partial charge in [0.25, 0.3) is 0 Å². The number of thiophene rings is 1. The fraction of sp³-hybridized carbons (Fsp3) is 0.316. The predicted molar refractivity (Wildman–Crippen MR) is 109 cm³/mol. The number of nitrogens with two attached hydrogens (primary N) is 1. The van der Waals surface area contributed by atoms with Gasteiger partial charge in [0, 0.05) is 36.1 Å². The van der Waals surface area contributed by atoms with Crippen molar-refractivity contribution in [2.24, 2.45) is 5.73 Å². The highest BCUT2D eigenvalue weighted by Crippen LogP contribution is 2.31. The number of nitrogens with zero attached hydrogens (tertiary/aromatic N) is 4. The molecule has 6 nitrogen and oxygen atoms in total. The molecule has 0 aliphatic carbocycles. The van der Waals surface area contributed by atoms with Crippen LogP contribution in [-0.2, 0) is 4.79 Å². The molecule has 1 unspecified atom stereocenters. The van der Waals surface area contributed by atoms with Crippen LogP contribution in [0.15, 0.2) is 36.7 Å². The number of aryl methyl sites for hydroxylation is 1. The molecule has 0 radical (unpaired) electrons. The van der Waals surface area contributed by atoms with Crippen molar-refractivity contribution in [2.75, 3.05) is 31.1 Å². The van der Waals surface area contributed by atoms with Crippen LogP contribution >= 0.6 is 22.9 Å². The van der Waals surface area contributed by atoms with Crippen molar-refractivity contribution in [3.63, 3.8) is 0 Å². The Morgan fingerprint density at radius 3 is 2.56 bits per heavy atom. The predicted octanol–water partition coefficient (Wildman–Crippen LogP) is 3.00. The van der Waals surface area contributed by atoms with Gasteiger partial charge >= 0.3 is 0 Å². The molecule has 0 saturated carbocycles. The van der Waals surface area contributed by atoms with Crippen LogP contribution in [0, 0.1) is 6.92 Å². The lowest BCUT2D eigenvalue weighted by atomic mass is 10.0. The molecule has 8 heteroatoms. The lowest BCUT2D eigenvalue weighted by Gasteiger charge is -2.38. The third kappa shape index (κ3) is 3.63. The van der Waals surface area contributed by atoms with Crippen molar-refractivity contribution in [1.82, 2.24) is 14.9 Å². The first-order valence-corrected chi connectivity index (χ1v) is 9.97. The summed E-state index contributed by atoms with van der Waals surface area (Å²) in [5.74, 6) is 0.620. The molecule has 27 heavy (non-hydrogen) atoms. The summed E-state index contributed by atoms with van der Waals surface area (Å²) >= 11 is 7.65. The Morgan fingerprint density at radius 2 is 1.89 bits per heavy atom. The molecule has 3 aromatic rings. The second-order valence-electron chi connectivity index (χ2n) is 6.65. The van der Waals surface area contributed by atoms with Crippen LogP contribution in [0.1, 0.15) is 16.5 Å². The Labute approximate surface area is 166 Å². The number of hydrogen-bond donors (Lipinski definition) is 1. The van der Waals surface area contributed by atoms with Crippen LogP contribution in [0.2, 0.25) is 5.02 Å². The topological polar surface area (TPSA) is 75.3 Å². The van der Waals surface area contributed by atoms with Crippen LogP contribution < -0.4 is 10.6 Å². The fourth-order valence-electron chi connectivity index (χ4n) is 3.61. The van der Waals surface area contributed by atoms with Crippen molar-refractivity contribution in [3.05, 3.63) is 52.1 Å². The Kier molecular flexibility index (Phi) is 4.99. The van der Waals surface area contributed by atoms with E-state index in [1.807, 2.05) is 12.1 Å². The molecule has 1 aliphatic rings. The number of hydrogen-bond acceptors (Lipinski definition) is 6. The average molecular weight is 402 g/mol. The van der Waals surface area contributed by atoms with Gasteiger partial charge in [0.15, 0.2) is 0 Å². The number of aromatic nitrogens is 2. The van der Waals surface area contributed by atoms with E-state index in [4.69, 9.17) is 17.3 Å². The van der Waals surface area contributed by atoms with Gasteiger partial charge in [0.05, 0.1) is 5.39 Å². The Bertz CT molecular complexity index is 966. The lowest BCUT2D eigenvalue weighted by molar-refractivity contribution is -0.123. The number of carbonyl (C=O) groups is 1. The first-order valence-electron chi connectivity index (χ1n) is 8.78. The van der Waals surface area contributed by atoms with Crippen LogP contribution in [-0.4, -0.2) is 47.0 Å². The van der Waals surface area contributed by atoms with E-state index in [-0.39, 0.29) is 5.91 Å². The molecule has 2 aromatic heterocycles. The summed E-state index contributed by atoms with van der Waals surface area (Å²) in [4.78, 5) is 27.6. The summed E-state index contributed by atoms with van der Waals surface area (Å²) in [5, 5.41) is 1.74. The molecule has 1 aromatic carbocycles. The Balaban J connectivity index is 1.53. The highest BCUT2D eigenvalue weighted by Gasteiger charge is 2.30. The summed E-state index contributed by atoms with van der Waals surface area (Å²) in [6.45, 7) is 5.09. The molecule has 0 bridgehead atoms. The molecule has 1 amide bonds. The third-order valence-corrected chi connectivity index (χ3v) is 6.08. The van der Waals surface area contributed by atoms with Crippen molar-refractivity contribution >= 4 is 44.9 Å². The van der Waals surface area contributed by atoms with Crippen LogP contribution in [0.4, 0.5) is 5.82 Å². The zero-order chi connectivity index (χ0) is 19.0. The van der Waals surface area contributed by atoms with E-state index in [1.165, 1.54) is 4.88 Å². The minimum atomic E-state index is -0.446. The zero-order valence-corrected chi connectivity index (χ0v) is 16.5. The van der Waals surface area contributed by atoms with E-state index in [1.54, 1.807) is 29.8 Å². The smallest absolute Gasteiger partial charge is 0.239 e. The molecular formula is C19H20ClN5OS. The number of rotatable bonds is 4. The summed E-state index contributed by atoms with van der Waals surface area (Å²) in [7, 11) is 0. The number of halogens is 1. The zero-order valence-electron chi connectivity index (χ0n) is 14.9. The monoisotopic (exact) mass is 401 g/mol. The fourth-order valence-corrected chi connectivity index (χ4v) is 4.58. The Morgan fingerprint density at radius 1 is 1.19 bits per heavy atom. The van der Waals surface area contributed by atoms with Gasteiger partial charge in [-0.15, -0.1) is 11.3 Å². The van der Waals surface area contributed by atoms with E-state index >= 15 is 0 Å². The van der Waals surface area contributed by atoms with E-state index in [0.717, 1.165) is 47.8 Å². The highest BCUT2D eigenvalue weighted by molar-refractivity contribution is 7.18. The largest absolute Gasteiger partial charge is 0.368 e. The maximum Gasteiger partial charge on any atom is 0.239 e. The first kappa shape index (κ1) is 18.2. The summed E-state index contributed by atoms with van der Waals surface area (Å²) < 4.78 is 0. The number of piperazine rings is 1. The minimum Gasteiger partial charge on any atom is -0.368 e. The summed E-state index contributed by atoms with van der Waals surface area (Å²) in [6, 6.07) is 9.01. The normalized spacial score (nSPS) is 16.6. The Hall–Kier alpha value is -2.22. The van der Waals surface area contributed by atoms with Gasteiger partial charge in [-0.1, -0.05) is 23.7 Å². The van der Waals surface area contributed by atoms with Gasteiger partial charge < -0.3 is 10.6 Å². The lowest BCUT2D eigenvalue weighted by Crippen LogP contribution is -2.50. The number of amides is 1. The van der Waals surface area contributed by atoms with E-state index in [0.29, 0.717) is 5.02 Å². The third-order valence-electron chi connectivity index (χ3n) is 4.87. The molecule has 1 atom stereocenters. The van der Waals surface area contributed by atoms with Gasteiger partial charge in [-0.2, -0.15) is 0 Å². The molecule has 1 fully saturated rings. The molecular weight excluding hydrogens is 382 g/mol. The van der Waals surface area contributed by atoms with Gasteiger partial charge in [0.1, 0.15) is 23.0 Å². The van der Waals surface area contributed by atoms with E-state index in [9.17, 15) is 4.79 Å². The standard InChI is InChI=1S/C19H20ClN5OS/c1-12-10-15-18(22-11-23-19(15)27-12)25-8-6-24(7-9-25)16(17(21)26)13-2-4-14(20)5-3-13/h2-5,10-11,16H,6-9H2,1H3,(H2,21,26). The van der Waals surface area contributed by atoms with Gasteiger partial charge in [-0.3, -0.25) is 9.69 Å². The van der Waals surface area contributed by atoms with Crippen molar-refractivity contribution in [3.8, 4) is 0 Å². The quantitative estimate of drug-likeness (QED) is 0.727. The maximum atomic E-state index is 12.1. The van der Waals surface area contributed by atoms with Crippen molar-refractivity contribution in [2.45, 2.75) is 13.0 Å². The molecule has 3 heterocycles. The minimum absolute atomic E-state index is 0.344. The number of fused-ring (bicyclic) bond motifs is 1. The molecule has 140 valence electrons. The maximum absolute atomic E-state index is 12.1. The number of primary amides is 1. The van der Waals surface area contributed by atoms with Gasteiger partial charge in [-0.25, -0.2) is 9.97 Å². The SMILES string of the molecule is Cc1cc2c(N3CCN(C(C(N)=O)c4ccc(Cl)cc4)CC3)ncnc2s1. The van der Waals surface area contributed by atoms with Crippen LogP contribution in [0.3, 0.4) is 0 Å². The van der Waals surface area contributed by atoms with E-state index < -0.39 is 6.04 Å².